The summed E-state index contributed by atoms with van der Waals surface area (Å²) in [6, 6.07) is 9.65. The number of hydrogen-bond donors (Lipinski definition) is 2. The minimum absolute atomic E-state index is 0.00726. The Labute approximate surface area is 128 Å². The first kappa shape index (κ1) is 14.9. The van der Waals surface area contributed by atoms with Crippen LogP contribution in [0.25, 0.3) is 0 Å². The lowest BCUT2D eigenvalue weighted by molar-refractivity contribution is -0.115. The molecule has 2 aromatic rings. The Morgan fingerprint density at radius 1 is 1.30 bits per heavy atom. The molecule has 20 heavy (non-hydrogen) atoms. The van der Waals surface area contributed by atoms with E-state index in [0.717, 1.165) is 17.9 Å². The van der Waals surface area contributed by atoms with E-state index in [1.807, 2.05) is 13.0 Å². The van der Waals surface area contributed by atoms with Crippen LogP contribution in [0.3, 0.4) is 0 Å². The quantitative estimate of drug-likeness (QED) is 0.842. The van der Waals surface area contributed by atoms with Crippen LogP contribution in [0.5, 0.6) is 0 Å². The third kappa shape index (κ3) is 3.99. The number of amides is 1. The Balaban J connectivity index is 2.06. The van der Waals surface area contributed by atoms with Gasteiger partial charge in [0.2, 0.25) is 5.91 Å². The molecule has 0 saturated heterocycles. The molecule has 0 aliphatic heterocycles. The average Bonchev–Trinajstić information content (AvgIpc) is 2.85. The van der Waals surface area contributed by atoms with Gasteiger partial charge in [0.15, 0.2) is 0 Å². The summed E-state index contributed by atoms with van der Waals surface area (Å²) < 4.78 is 0. The fourth-order valence-electron chi connectivity index (χ4n) is 1.75. The SMILES string of the molecule is CCC(=O)Nc1ccc(Cl)c(NCc2ccc(C)s2)c1. The van der Waals surface area contributed by atoms with Crippen LogP contribution < -0.4 is 10.6 Å². The second kappa shape index (κ2) is 6.77. The van der Waals surface area contributed by atoms with Crippen LogP contribution in [0.1, 0.15) is 23.1 Å². The minimum atomic E-state index is -0.00726. The van der Waals surface area contributed by atoms with Gasteiger partial charge in [-0.25, -0.2) is 0 Å². The Morgan fingerprint density at radius 2 is 2.10 bits per heavy atom. The fraction of sp³-hybridized carbons (Fsp3) is 0.267. The van der Waals surface area contributed by atoms with Crippen molar-refractivity contribution in [3.8, 4) is 0 Å². The first-order chi connectivity index (χ1) is 9.58. The first-order valence-electron chi connectivity index (χ1n) is 6.47. The second-order valence-corrected chi connectivity index (χ2v) is 6.24. The molecule has 0 saturated carbocycles. The largest absolute Gasteiger partial charge is 0.379 e. The molecule has 2 N–H and O–H groups in total. The third-order valence-electron chi connectivity index (χ3n) is 2.82. The molecule has 0 spiro atoms. The van der Waals surface area contributed by atoms with Crippen molar-refractivity contribution in [1.29, 1.82) is 0 Å². The van der Waals surface area contributed by atoms with E-state index >= 15 is 0 Å². The zero-order chi connectivity index (χ0) is 14.5. The molecule has 106 valence electrons. The highest BCUT2D eigenvalue weighted by atomic mass is 35.5. The van der Waals surface area contributed by atoms with Gasteiger partial charge in [-0.15, -0.1) is 11.3 Å². The number of carbonyl (C=O) groups excluding carboxylic acids is 1. The molecule has 3 nitrogen and oxygen atoms in total. The molecule has 0 radical (unpaired) electrons. The lowest BCUT2D eigenvalue weighted by Crippen LogP contribution is -2.09. The van der Waals surface area contributed by atoms with Crippen LogP contribution in [-0.4, -0.2) is 5.91 Å². The number of rotatable bonds is 5. The van der Waals surface area contributed by atoms with E-state index in [4.69, 9.17) is 11.6 Å². The Bertz CT molecular complexity index is 610. The highest BCUT2D eigenvalue weighted by molar-refractivity contribution is 7.11. The van der Waals surface area contributed by atoms with E-state index in [-0.39, 0.29) is 5.91 Å². The Kier molecular flexibility index (Phi) is 5.04. The molecule has 0 unspecified atom stereocenters. The normalized spacial score (nSPS) is 10.3. The molecule has 0 bridgehead atoms. The molecule has 0 aliphatic carbocycles. The van der Waals surface area contributed by atoms with Gasteiger partial charge in [-0.1, -0.05) is 18.5 Å². The van der Waals surface area contributed by atoms with Crippen molar-refractivity contribution in [1.82, 2.24) is 0 Å². The lowest BCUT2D eigenvalue weighted by Gasteiger charge is -2.10. The molecule has 0 fully saturated rings. The van der Waals surface area contributed by atoms with Crippen LogP contribution in [0.15, 0.2) is 30.3 Å². The average molecular weight is 309 g/mol. The molecule has 1 aromatic carbocycles. The van der Waals surface area contributed by atoms with E-state index in [0.29, 0.717) is 11.4 Å². The number of nitrogens with one attached hydrogen (secondary N) is 2. The molecule has 1 heterocycles. The monoisotopic (exact) mass is 308 g/mol. The summed E-state index contributed by atoms with van der Waals surface area (Å²) in [6.45, 7) is 4.63. The van der Waals surface area contributed by atoms with Crippen LogP contribution in [0, 0.1) is 6.92 Å². The topological polar surface area (TPSA) is 41.1 Å². The summed E-state index contributed by atoms with van der Waals surface area (Å²) >= 11 is 7.92. The van der Waals surface area contributed by atoms with E-state index < -0.39 is 0 Å². The number of thiophene rings is 1. The maximum atomic E-state index is 11.4. The molecular weight excluding hydrogens is 292 g/mol. The van der Waals surface area contributed by atoms with Crippen molar-refractivity contribution in [2.75, 3.05) is 10.6 Å². The maximum Gasteiger partial charge on any atom is 0.224 e. The number of anilines is 2. The van der Waals surface area contributed by atoms with Gasteiger partial charge in [-0.05, 0) is 37.3 Å². The second-order valence-electron chi connectivity index (χ2n) is 4.46. The summed E-state index contributed by atoms with van der Waals surface area (Å²) in [7, 11) is 0. The maximum absolute atomic E-state index is 11.4. The number of benzene rings is 1. The van der Waals surface area contributed by atoms with Gasteiger partial charge >= 0.3 is 0 Å². The molecule has 1 amide bonds. The van der Waals surface area contributed by atoms with Gasteiger partial charge in [-0.2, -0.15) is 0 Å². The van der Waals surface area contributed by atoms with Gasteiger partial charge < -0.3 is 10.6 Å². The number of aryl methyl sites for hydroxylation is 1. The summed E-state index contributed by atoms with van der Waals surface area (Å²) in [6.07, 6.45) is 0.458. The summed E-state index contributed by atoms with van der Waals surface area (Å²) in [5.74, 6) is -0.00726. The molecule has 5 heteroatoms. The van der Waals surface area contributed by atoms with Gasteiger partial charge in [0.25, 0.3) is 0 Å². The minimum Gasteiger partial charge on any atom is -0.379 e. The van der Waals surface area contributed by atoms with Gasteiger partial charge in [0.05, 0.1) is 10.7 Å². The zero-order valence-corrected chi connectivity index (χ0v) is 13.1. The van der Waals surface area contributed by atoms with Crippen LogP contribution in [0.2, 0.25) is 5.02 Å². The number of halogens is 1. The third-order valence-corrected chi connectivity index (χ3v) is 4.15. The summed E-state index contributed by atoms with van der Waals surface area (Å²) in [5.41, 5.74) is 1.58. The summed E-state index contributed by atoms with van der Waals surface area (Å²) in [5, 5.41) is 6.77. The van der Waals surface area contributed by atoms with E-state index in [9.17, 15) is 4.79 Å². The first-order valence-corrected chi connectivity index (χ1v) is 7.66. The molecule has 1 aromatic heterocycles. The molecular formula is C15H17ClN2OS. The summed E-state index contributed by atoms with van der Waals surface area (Å²) in [4.78, 5) is 13.9. The van der Waals surface area contributed by atoms with Crippen molar-refractivity contribution in [3.63, 3.8) is 0 Å². The highest BCUT2D eigenvalue weighted by Crippen LogP contribution is 2.27. The predicted octanol–water partition coefficient (Wildman–Crippen LogP) is 4.67. The zero-order valence-electron chi connectivity index (χ0n) is 11.5. The Hall–Kier alpha value is -1.52. The number of hydrogen-bond acceptors (Lipinski definition) is 3. The predicted molar refractivity (Wildman–Crippen MR) is 86.8 cm³/mol. The van der Waals surface area contributed by atoms with Crippen molar-refractivity contribution >= 4 is 40.2 Å². The van der Waals surface area contributed by atoms with Crippen LogP contribution >= 0.6 is 22.9 Å². The van der Waals surface area contributed by atoms with Crippen molar-refractivity contribution in [3.05, 3.63) is 45.1 Å². The van der Waals surface area contributed by atoms with Crippen molar-refractivity contribution in [2.24, 2.45) is 0 Å². The van der Waals surface area contributed by atoms with E-state index in [1.54, 1.807) is 23.5 Å². The van der Waals surface area contributed by atoms with Crippen molar-refractivity contribution in [2.45, 2.75) is 26.8 Å². The van der Waals surface area contributed by atoms with Gasteiger partial charge in [-0.3, -0.25) is 4.79 Å². The number of carbonyl (C=O) groups is 1. The van der Waals surface area contributed by atoms with E-state index in [1.165, 1.54) is 9.75 Å². The molecule has 0 atom stereocenters. The van der Waals surface area contributed by atoms with Crippen LogP contribution in [0.4, 0.5) is 11.4 Å². The molecule has 2 rings (SSSR count). The molecule has 0 aliphatic rings. The van der Waals surface area contributed by atoms with Crippen molar-refractivity contribution < 1.29 is 4.79 Å². The fourth-order valence-corrected chi connectivity index (χ4v) is 2.76. The van der Waals surface area contributed by atoms with Gasteiger partial charge in [0.1, 0.15) is 0 Å². The smallest absolute Gasteiger partial charge is 0.224 e. The van der Waals surface area contributed by atoms with E-state index in [2.05, 4.69) is 29.7 Å². The highest BCUT2D eigenvalue weighted by Gasteiger charge is 2.05. The van der Waals surface area contributed by atoms with Gasteiger partial charge in [0, 0.05) is 28.4 Å². The Morgan fingerprint density at radius 3 is 2.75 bits per heavy atom. The standard InChI is InChI=1S/C15H17ClN2OS/c1-3-15(19)18-11-5-7-13(16)14(8-11)17-9-12-6-4-10(2)20-12/h4-8,17H,3,9H2,1-2H3,(H,18,19). The lowest BCUT2D eigenvalue weighted by atomic mass is 10.2. The van der Waals surface area contributed by atoms with Crippen LogP contribution in [-0.2, 0) is 11.3 Å².